The number of para-hydroxylation sites is 1. The van der Waals surface area contributed by atoms with Gasteiger partial charge in [0.25, 0.3) is 5.56 Å². The molecule has 2 aromatic carbocycles. The largest absolute Gasteiger partial charge is 0.282 e. The molecule has 0 amide bonds. The van der Waals surface area contributed by atoms with Crippen molar-refractivity contribution in [2.45, 2.75) is 6.92 Å². The minimum atomic E-state index is -0.212. The highest BCUT2D eigenvalue weighted by atomic mass is 16.1. The summed E-state index contributed by atoms with van der Waals surface area (Å²) in [6.45, 7) is 1.73. The lowest BCUT2D eigenvalue weighted by molar-refractivity contribution is 0.771. The number of benzene rings is 2. The van der Waals surface area contributed by atoms with Gasteiger partial charge in [-0.3, -0.25) is 4.79 Å². The fraction of sp³-hybridized carbons (Fsp3) is 0.0588. The number of nitrogens with zero attached hydrogens (tertiary/aromatic N) is 4. The van der Waals surface area contributed by atoms with Gasteiger partial charge in [0, 0.05) is 0 Å². The van der Waals surface area contributed by atoms with E-state index in [0.29, 0.717) is 22.3 Å². The fourth-order valence-corrected chi connectivity index (χ4v) is 2.18. The van der Waals surface area contributed by atoms with Crippen LogP contribution in [0, 0.1) is 18.3 Å². The van der Waals surface area contributed by atoms with Crippen molar-refractivity contribution < 1.29 is 0 Å². The molecule has 3 rings (SSSR count). The van der Waals surface area contributed by atoms with E-state index in [0.717, 1.165) is 5.56 Å². The van der Waals surface area contributed by atoms with Gasteiger partial charge in [-0.1, -0.05) is 24.3 Å². The Labute approximate surface area is 126 Å². The van der Waals surface area contributed by atoms with E-state index in [1.54, 1.807) is 49.5 Å². The molecule has 106 valence electrons. The summed E-state index contributed by atoms with van der Waals surface area (Å²) in [5.74, 6) is 0.511. The van der Waals surface area contributed by atoms with E-state index in [4.69, 9.17) is 5.26 Å². The highest BCUT2D eigenvalue weighted by molar-refractivity contribution is 5.81. The molecule has 0 N–H and O–H groups in total. The summed E-state index contributed by atoms with van der Waals surface area (Å²) in [5, 5.41) is 13.6. The van der Waals surface area contributed by atoms with Crippen LogP contribution in [0.3, 0.4) is 0 Å². The minimum absolute atomic E-state index is 0.212. The van der Waals surface area contributed by atoms with Crippen LogP contribution in [0.1, 0.15) is 17.0 Å². The molecule has 0 spiro atoms. The van der Waals surface area contributed by atoms with Crippen molar-refractivity contribution >= 4 is 17.1 Å². The van der Waals surface area contributed by atoms with E-state index in [2.05, 4.69) is 16.2 Å². The van der Waals surface area contributed by atoms with Crippen LogP contribution in [0.15, 0.2) is 58.4 Å². The molecule has 0 saturated heterocycles. The van der Waals surface area contributed by atoms with Gasteiger partial charge >= 0.3 is 0 Å². The molecule has 22 heavy (non-hydrogen) atoms. The van der Waals surface area contributed by atoms with Gasteiger partial charge in [0.1, 0.15) is 5.82 Å². The Balaban J connectivity index is 2.09. The third-order valence-corrected chi connectivity index (χ3v) is 3.25. The summed E-state index contributed by atoms with van der Waals surface area (Å²) in [6.07, 6.45) is 1.55. The molecule has 0 fully saturated rings. The molecule has 0 aliphatic rings. The maximum absolute atomic E-state index is 12.5. The first kappa shape index (κ1) is 13.7. The van der Waals surface area contributed by atoms with Gasteiger partial charge in [-0.15, -0.1) is 0 Å². The van der Waals surface area contributed by atoms with Gasteiger partial charge < -0.3 is 0 Å². The Bertz CT molecular complexity index is 980. The zero-order chi connectivity index (χ0) is 15.5. The van der Waals surface area contributed by atoms with Gasteiger partial charge in [0.05, 0.1) is 28.8 Å². The first-order valence-corrected chi connectivity index (χ1v) is 6.72. The number of nitriles is 1. The molecule has 0 atom stereocenters. The van der Waals surface area contributed by atoms with Crippen LogP contribution >= 0.6 is 0 Å². The van der Waals surface area contributed by atoms with Crippen LogP contribution in [0.5, 0.6) is 0 Å². The molecular weight excluding hydrogens is 276 g/mol. The first-order chi connectivity index (χ1) is 10.7. The van der Waals surface area contributed by atoms with Crippen molar-refractivity contribution in [2.24, 2.45) is 5.10 Å². The van der Waals surface area contributed by atoms with Gasteiger partial charge in [-0.2, -0.15) is 15.0 Å². The zero-order valence-corrected chi connectivity index (χ0v) is 11.9. The number of hydrogen-bond acceptors (Lipinski definition) is 4. The maximum atomic E-state index is 12.5. The standard InChI is InChI=1S/C17H12N4O/c1-12-20-16-8-3-2-7-15(16)17(22)21(12)19-11-14-6-4-5-13(9-14)10-18/h2-9,11H,1H3/b19-11+. The molecule has 1 aromatic heterocycles. The third-order valence-electron chi connectivity index (χ3n) is 3.25. The van der Waals surface area contributed by atoms with E-state index < -0.39 is 0 Å². The summed E-state index contributed by atoms with van der Waals surface area (Å²) in [6, 6.07) is 16.2. The number of aryl methyl sites for hydroxylation is 1. The smallest absolute Gasteiger partial charge is 0.267 e. The molecular formula is C17H12N4O. The van der Waals surface area contributed by atoms with Gasteiger partial charge in [-0.05, 0) is 36.8 Å². The van der Waals surface area contributed by atoms with E-state index in [-0.39, 0.29) is 5.56 Å². The normalized spacial score (nSPS) is 10.9. The molecule has 5 heteroatoms. The fourth-order valence-electron chi connectivity index (χ4n) is 2.18. The van der Waals surface area contributed by atoms with Crippen molar-refractivity contribution in [1.29, 1.82) is 5.26 Å². The van der Waals surface area contributed by atoms with Crippen molar-refractivity contribution in [2.75, 3.05) is 0 Å². The lowest BCUT2D eigenvalue weighted by Crippen LogP contribution is -2.20. The lowest BCUT2D eigenvalue weighted by atomic mass is 10.1. The number of rotatable bonds is 2. The SMILES string of the molecule is Cc1nc2ccccc2c(=O)n1/N=C/c1cccc(C#N)c1. The number of hydrogen-bond donors (Lipinski definition) is 0. The predicted octanol–water partition coefficient (Wildman–Crippen LogP) is 2.46. The van der Waals surface area contributed by atoms with Crippen LogP contribution in [0.2, 0.25) is 0 Å². The Hall–Kier alpha value is -3.26. The molecule has 0 bridgehead atoms. The van der Waals surface area contributed by atoms with Crippen molar-refractivity contribution in [3.05, 3.63) is 75.8 Å². The Morgan fingerprint density at radius 2 is 2.05 bits per heavy atom. The van der Waals surface area contributed by atoms with Crippen LogP contribution in [-0.2, 0) is 0 Å². The van der Waals surface area contributed by atoms with E-state index in [1.807, 2.05) is 12.1 Å². The van der Waals surface area contributed by atoms with Crippen molar-refractivity contribution in [1.82, 2.24) is 9.66 Å². The van der Waals surface area contributed by atoms with Gasteiger partial charge in [0.2, 0.25) is 0 Å². The highest BCUT2D eigenvalue weighted by Crippen LogP contribution is 2.07. The van der Waals surface area contributed by atoms with E-state index in [1.165, 1.54) is 4.68 Å². The number of aromatic nitrogens is 2. The second kappa shape index (κ2) is 5.62. The first-order valence-electron chi connectivity index (χ1n) is 6.72. The monoisotopic (exact) mass is 288 g/mol. The van der Waals surface area contributed by atoms with Crippen molar-refractivity contribution in [3.8, 4) is 6.07 Å². The molecule has 0 radical (unpaired) electrons. The van der Waals surface area contributed by atoms with Crippen LogP contribution in [0.25, 0.3) is 10.9 Å². The van der Waals surface area contributed by atoms with Gasteiger partial charge in [-0.25, -0.2) is 4.98 Å². The zero-order valence-electron chi connectivity index (χ0n) is 11.9. The molecule has 1 heterocycles. The molecule has 5 nitrogen and oxygen atoms in total. The van der Waals surface area contributed by atoms with E-state index >= 15 is 0 Å². The Morgan fingerprint density at radius 3 is 2.86 bits per heavy atom. The quantitative estimate of drug-likeness (QED) is 0.680. The second-order valence-electron chi connectivity index (χ2n) is 4.77. The topological polar surface area (TPSA) is 71.0 Å². The third kappa shape index (κ3) is 2.50. The molecule has 0 unspecified atom stereocenters. The average Bonchev–Trinajstić information content (AvgIpc) is 2.55. The minimum Gasteiger partial charge on any atom is -0.267 e. The average molecular weight is 288 g/mol. The summed E-state index contributed by atoms with van der Waals surface area (Å²) in [5.41, 5.74) is 1.74. The lowest BCUT2D eigenvalue weighted by Gasteiger charge is -2.05. The maximum Gasteiger partial charge on any atom is 0.282 e. The number of fused-ring (bicyclic) bond motifs is 1. The summed E-state index contributed by atoms with van der Waals surface area (Å²) >= 11 is 0. The van der Waals surface area contributed by atoms with E-state index in [9.17, 15) is 4.79 Å². The molecule has 3 aromatic rings. The Morgan fingerprint density at radius 1 is 1.23 bits per heavy atom. The van der Waals surface area contributed by atoms with Crippen molar-refractivity contribution in [3.63, 3.8) is 0 Å². The van der Waals surface area contributed by atoms with Gasteiger partial charge in [0.15, 0.2) is 0 Å². The summed E-state index contributed by atoms with van der Waals surface area (Å²) < 4.78 is 1.27. The molecule has 0 aliphatic heterocycles. The van der Waals surface area contributed by atoms with Crippen LogP contribution in [-0.4, -0.2) is 15.9 Å². The second-order valence-corrected chi connectivity index (χ2v) is 4.77. The predicted molar refractivity (Wildman–Crippen MR) is 84.9 cm³/mol. The highest BCUT2D eigenvalue weighted by Gasteiger charge is 2.06. The van der Waals surface area contributed by atoms with Crippen LogP contribution in [0.4, 0.5) is 0 Å². The molecule has 0 saturated carbocycles. The summed E-state index contributed by atoms with van der Waals surface area (Å²) in [4.78, 5) is 16.8. The van der Waals surface area contributed by atoms with Crippen LogP contribution < -0.4 is 5.56 Å². The Kier molecular flexibility index (Phi) is 3.50. The summed E-state index contributed by atoms with van der Waals surface area (Å²) in [7, 11) is 0. The molecule has 0 aliphatic carbocycles.